The molecule has 0 radical (unpaired) electrons. The zero-order chi connectivity index (χ0) is 11.1. The SMILES string of the molecule is CSN1CCC2(CC1)CC(C(C)(C)C)C2. The van der Waals surface area contributed by atoms with Gasteiger partial charge >= 0.3 is 0 Å². The minimum atomic E-state index is 0.544. The van der Waals surface area contributed by atoms with E-state index in [2.05, 4.69) is 31.3 Å². The maximum atomic E-state index is 2.52. The average Bonchev–Trinajstić information content (AvgIpc) is 2.13. The molecule has 0 bridgehead atoms. The Labute approximate surface area is 99.1 Å². The lowest BCUT2D eigenvalue weighted by atomic mass is 9.52. The van der Waals surface area contributed by atoms with Crippen molar-refractivity contribution in [3.8, 4) is 0 Å². The van der Waals surface area contributed by atoms with Crippen LogP contribution in [0.4, 0.5) is 0 Å². The maximum Gasteiger partial charge on any atom is 0.00945 e. The minimum Gasteiger partial charge on any atom is -0.251 e. The van der Waals surface area contributed by atoms with Gasteiger partial charge in [-0.25, -0.2) is 0 Å². The molecular weight excluding hydrogens is 202 g/mol. The van der Waals surface area contributed by atoms with Crippen molar-refractivity contribution in [2.75, 3.05) is 19.3 Å². The Hall–Kier alpha value is 0.310. The molecule has 1 heterocycles. The van der Waals surface area contributed by atoms with Crippen LogP contribution >= 0.6 is 11.9 Å². The van der Waals surface area contributed by atoms with Gasteiger partial charge in [-0.15, -0.1) is 0 Å². The summed E-state index contributed by atoms with van der Waals surface area (Å²) in [6.45, 7) is 9.85. The first kappa shape index (κ1) is 11.8. The van der Waals surface area contributed by atoms with Crippen LogP contribution in [0.2, 0.25) is 0 Å². The molecule has 0 atom stereocenters. The molecule has 1 saturated carbocycles. The third-order valence-electron chi connectivity index (χ3n) is 4.62. The van der Waals surface area contributed by atoms with E-state index in [1.807, 2.05) is 11.9 Å². The van der Waals surface area contributed by atoms with E-state index in [4.69, 9.17) is 0 Å². The summed E-state index contributed by atoms with van der Waals surface area (Å²) >= 11 is 1.92. The highest BCUT2D eigenvalue weighted by molar-refractivity contribution is 7.96. The van der Waals surface area contributed by atoms with Gasteiger partial charge in [-0.2, -0.15) is 0 Å². The van der Waals surface area contributed by atoms with E-state index in [-0.39, 0.29) is 0 Å². The van der Waals surface area contributed by atoms with Gasteiger partial charge in [0, 0.05) is 13.1 Å². The lowest BCUT2D eigenvalue weighted by Crippen LogP contribution is -2.48. The Kier molecular flexibility index (Phi) is 3.11. The predicted molar refractivity (Wildman–Crippen MR) is 68.9 cm³/mol. The van der Waals surface area contributed by atoms with Crippen molar-refractivity contribution in [2.45, 2.75) is 46.5 Å². The number of rotatable bonds is 1. The number of piperidine rings is 1. The molecule has 0 aromatic heterocycles. The van der Waals surface area contributed by atoms with E-state index in [1.165, 1.54) is 38.8 Å². The topological polar surface area (TPSA) is 3.24 Å². The third-order valence-corrected chi connectivity index (χ3v) is 5.51. The molecular formula is C13H25NS. The second-order valence-corrected chi connectivity index (χ2v) is 7.46. The first-order valence-electron chi connectivity index (χ1n) is 6.24. The molecule has 0 amide bonds. The van der Waals surface area contributed by atoms with Crippen molar-refractivity contribution in [1.29, 1.82) is 0 Å². The molecule has 0 unspecified atom stereocenters. The van der Waals surface area contributed by atoms with Crippen LogP contribution in [0.25, 0.3) is 0 Å². The van der Waals surface area contributed by atoms with E-state index < -0.39 is 0 Å². The summed E-state index contributed by atoms with van der Waals surface area (Å²) < 4.78 is 2.52. The number of hydrogen-bond donors (Lipinski definition) is 0. The van der Waals surface area contributed by atoms with E-state index in [1.54, 1.807) is 0 Å². The van der Waals surface area contributed by atoms with Gasteiger partial charge in [-0.05, 0) is 48.7 Å². The monoisotopic (exact) mass is 227 g/mol. The van der Waals surface area contributed by atoms with Crippen molar-refractivity contribution in [3.63, 3.8) is 0 Å². The summed E-state index contributed by atoms with van der Waals surface area (Å²) in [6.07, 6.45) is 8.09. The first-order valence-corrected chi connectivity index (χ1v) is 7.42. The van der Waals surface area contributed by atoms with Crippen LogP contribution in [0.3, 0.4) is 0 Å². The molecule has 1 aliphatic heterocycles. The Balaban J connectivity index is 1.83. The average molecular weight is 227 g/mol. The highest BCUT2D eigenvalue weighted by atomic mass is 32.2. The van der Waals surface area contributed by atoms with Crippen molar-refractivity contribution < 1.29 is 0 Å². The molecule has 0 N–H and O–H groups in total. The van der Waals surface area contributed by atoms with E-state index in [0.29, 0.717) is 5.41 Å². The molecule has 2 fully saturated rings. The highest BCUT2D eigenvalue weighted by Crippen LogP contribution is 2.58. The van der Waals surface area contributed by atoms with Gasteiger partial charge < -0.3 is 0 Å². The lowest BCUT2D eigenvalue weighted by Gasteiger charge is -2.56. The van der Waals surface area contributed by atoms with Gasteiger partial charge in [0.15, 0.2) is 0 Å². The van der Waals surface area contributed by atoms with Crippen LogP contribution in [0.5, 0.6) is 0 Å². The van der Waals surface area contributed by atoms with Gasteiger partial charge in [0.1, 0.15) is 0 Å². The zero-order valence-electron chi connectivity index (χ0n) is 10.7. The van der Waals surface area contributed by atoms with Crippen LogP contribution in [-0.2, 0) is 0 Å². The van der Waals surface area contributed by atoms with Gasteiger partial charge in [0.25, 0.3) is 0 Å². The predicted octanol–water partition coefficient (Wildman–Crippen LogP) is 3.80. The molecule has 88 valence electrons. The molecule has 1 nitrogen and oxygen atoms in total. The molecule has 1 spiro atoms. The van der Waals surface area contributed by atoms with Crippen LogP contribution < -0.4 is 0 Å². The standard InChI is InChI=1S/C13H25NS/c1-12(2,3)11-9-13(10-11)5-7-14(15-4)8-6-13/h11H,5-10H2,1-4H3. The van der Waals surface area contributed by atoms with E-state index >= 15 is 0 Å². The Morgan fingerprint density at radius 2 is 1.67 bits per heavy atom. The van der Waals surface area contributed by atoms with Gasteiger partial charge in [-0.1, -0.05) is 32.7 Å². The summed E-state index contributed by atoms with van der Waals surface area (Å²) in [7, 11) is 0. The summed E-state index contributed by atoms with van der Waals surface area (Å²) in [5, 5.41) is 0. The quantitative estimate of drug-likeness (QED) is 0.627. The molecule has 2 rings (SSSR count). The summed E-state index contributed by atoms with van der Waals surface area (Å²) in [4.78, 5) is 0. The molecule has 1 aliphatic carbocycles. The van der Waals surface area contributed by atoms with Gasteiger partial charge in [0.05, 0.1) is 0 Å². The van der Waals surface area contributed by atoms with Crippen molar-refractivity contribution in [2.24, 2.45) is 16.7 Å². The first-order chi connectivity index (χ1) is 6.95. The fourth-order valence-electron chi connectivity index (χ4n) is 3.15. The second-order valence-electron chi connectivity index (χ2n) is 6.58. The second kappa shape index (κ2) is 3.96. The molecule has 1 saturated heterocycles. The molecule has 0 aromatic carbocycles. The number of hydrogen-bond acceptors (Lipinski definition) is 2. The normalized spacial score (nSPS) is 28.0. The zero-order valence-corrected chi connectivity index (χ0v) is 11.5. The largest absolute Gasteiger partial charge is 0.251 e. The fourth-order valence-corrected chi connectivity index (χ4v) is 3.70. The Morgan fingerprint density at radius 3 is 2.07 bits per heavy atom. The van der Waals surface area contributed by atoms with Crippen LogP contribution in [0, 0.1) is 16.7 Å². The maximum absolute atomic E-state index is 2.52. The Morgan fingerprint density at radius 1 is 1.13 bits per heavy atom. The number of nitrogens with zero attached hydrogens (tertiary/aromatic N) is 1. The smallest absolute Gasteiger partial charge is 0.00945 e. The fraction of sp³-hybridized carbons (Fsp3) is 1.00. The molecule has 0 aromatic rings. The molecule has 15 heavy (non-hydrogen) atoms. The third kappa shape index (κ3) is 2.36. The van der Waals surface area contributed by atoms with Crippen molar-refractivity contribution in [1.82, 2.24) is 4.31 Å². The summed E-state index contributed by atoms with van der Waals surface area (Å²) in [5.74, 6) is 0.985. The van der Waals surface area contributed by atoms with Gasteiger partial charge in [-0.3, -0.25) is 4.31 Å². The van der Waals surface area contributed by atoms with Crippen molar-refractivity contribution >= 4 is 11.9 Å². The van der Waals surface area contributed by atoms with Gasteiger partial charge in [0.2, 0.25) is 0 Å². The van der Waals surface area contributed by atoms with Crippen LogP contribution in [0.1, 0.15) is 46.5 Å². The molecule has 2 aliphatic rings. The lowest BCUT2D eigenvalue weighted by molar-refractivity contribution is -0.0442. The van der Waals surface area contributed by atoms with E-state index in [0.717, 1.165) is 11.3 Å². The Bertz CT molecular complexity index is 215. The van der Waals surface area contributed by atoms with Crippen molar-refractivity contribution in [3.05, 3.63) is 0 Å². The molecule has 2 heteroatoms. The minimum absolute atomic E-state index is 0.544. The van der Waals surface area contributed by atoms with E-state index in [9.17, 15) is 0 Å². The van der Waals surface area contributed by atoms with Crippen LogP contribution in [-0.4, -0.2) is 23.7 Å². The highest BCUT2D eigenvalue weighted by Gasteiger charge is 2.49. The summed E-state index contributed by atoms with van der Waals surface area (Å²) in [5.41, 5.74) is 1.30. The summed E-state index contributed by atoms with van der Waals surface area (Å²) in [6, 6.07) is 0. The van der Waals surface area contributed by atoms with Crippen LogP contribution in [0.15, 0.2) is 0 Å².